The summed E-state index contributed by atoms with van der Waals surface area (Å²) < 4.78 is 71.0. The topological polar surface area (TPSA) is 148 Å². The van der Waals surface area contributed by atoms with Gasteiger partial charge in [0.05, 0.1) is 18.4 Å². The van der Waals surface area contributed by atoms with Crippen LogP contribution >= 0.6 is 0 Å². The summed E-state index contributed by atoms with van der Waals surface area (Å²) in [6, 6.07) is 3.87. The number of nitrogens with one attached hydrogen (secondary N) is 2. The fraction of sp³-hybridized carbons (Fsp3) is 0.333. The SMILES string of the molecule is CCOc1cccnc1Oc1cncc(-c2ncc(C(=O)N[C@H]3CNCCC3(F)F)cn2)c1.O=C(O)C(F)(F)F. The Morgan fingerprint density at radius 2 is 1.88 bits per heavy atom. The molecule has 11 nitrogen and oxygen atoms in total. The molecule has 4 rings (SSSR count). The minimum absolute atomic E-state index is 0.00256. The van der Waals surface area contributed by atoms with Gasteiger partial charge in [-0.3, -0.25) is 9.78 Å². The van der Waals surface area contributed by atoms with Crippen LogP contribution in [-0.4, -0.2) is 74.8 Å². The lowest BCUT2D eigenvalue weighted by molar-refractivity contribution is -0.192. The number of piperidine rings is 1. The number of amides is 1. The zero-order valence-corrected chi connectivity index (χ0v) is 20.8. The van der Waals surface area contributed by atoms with E-state index in [4.69, 9.17) is 19.4 Å². The van der Waals surface area contributed by atoms with Gasteiger partial charge in [0.15, 0.2) is 11.6 Å². The Balaban J connectivity index is 0.000000559. The number of hydrogen-bond acceptors (Lipinski definition) is 9. The van der Waals surface area contributed by atoms with Gasteiger partial charge in [-0.25, -0.2) is 28.5 Å². The molecule has 3 aromatic rings. The summed E-state index contributed by atoms with van der Waals surface area (Å²) in [5, 5.41) is 12.3. The Kier molecular flexibility index (Phi) is 9.82. The molecular formula is C24H23F5N6O5. The van der Waals surface area contributed by atoms with Crippen molar-refractivity contribution in [2.75, 3.05) is 19.7 Å². The normalized spacial score (nSPS) is 16.2. The molecule has 1 aliphatic heterocycles. The molecule has 1 saturated heterocycles. The molecule has 1 aliphatic rings. The number of ether oxygens (including phenoxy) is 2. The van der Waals surface area contributed by atoms with Crippen LogP contribution in [0, 0.1) is 0 Å². The van der Waals surface area contributed by atoms with E-state index in [-0.39, 0.29) is 25.1 Å². The molecule has 0 saturated carbocycles. The highest BCUT2D eigenvalue weighted by molar-refractivity contribution is 5.94. The van der Waals surface area contributed by atoms with Crippen molar-refractivity contribution < 1.29 is 46.1 Å². The van der Waals surface area contributed by atoms with Crippen molar-refractivity contribution >= 4 is 11.9 Å². The van der Waals surface area contributed by atoms with Crippen molar-refractivity contribution in [1.82, 2.24) is 30.6 Å². The highest BCUT2D eigenvalue weighted by Gasteiger charge is 2.42. The molecule has 0 unspecified atom stereocenters. The lowest BCUT2D eigenvalue weighted by atomic mass is 10.0. The number of pyridine rings is 2. The maximum Gasteiger partial charge on any atom is 0.490 e. The molecule has 4 heterocycles. The average Bonchev–Trinajstić information content (AvgIpc) is 2.91. The first-order chi connectivity index (χ1) is 18.9. The summed E-state index contributed by atoms with van der Waals surface area (Å²) in [5.41, 5.74) is 0.617. The third-order valence-electron chi connectivity index (χ3n) is 5.18. The molecule has 3 N–H and O–H groups in total. The highest BCUT2D eigenvalue weighted by Crippen LogP contribution is 2.30. The third-order valence-corrected chi connectivity index (χ3v) is 5.18. The summed E-state index contributed by atoms with van der Waals surface area (Å²) >= 11 is 0. The molecule has 214 valence electrons. The second kappa shape index (κ2) is 13.1. The molecule has 0 aromatic carbocycles. The van der Waals surface area contributed by atoms with Crippen LogP contribution < -0.4 is 20.1 Å². The van der Waals surface area contributed by atoms with Crippen LogP contribution in [0.1, 0.15) is 23.7 Å². The molecule has 1 atom stereocenters. The van der Waals surface area contributed by atoms with E-state index in [9.17, 15) is 26.7 Å². The Bertz CT molecular complexity index is 1310. The maximum atomic E-state index is 14.0. The van der Waals surface area contributed by atoms with Gasteiger partial charge in [-0.05, 0) is 25.1 Å². The van der Waals surface area contributed by atoms with Gasteiger partial charge in [0.1, 0.15) is 11.8 Å². The minimum atomic E-state index is -5.08. The molecule has 40 heavy (non-hydrogen) atoms. The smallest absolute Gasteiger partial charge is 0.488 e. The van der Waals surface area contributed by atoms with Crippen molar-refractivity contribution in [2.24, 2.45) is 0 Å². The van der Waals surface area contributed by atoms with Gasteiger partial charge >= 0.3 is 12.1 Å². The molecular weight excluding hydrogens is 547 g/mol. The molecule has 1 fully saturated rings. The number of alkyl halides is 5. The Morgan fingerprint density at radius 1 is 1.18 bits per heavy atom. The molecule has 0 aliphatic carbocycles. The van der Waals surface area contributed by atoms with Crippen LogP contribution in [0.3, 0.4) is 0 Å². The maximum absolute atomic E-state index is 14.0. The van der Waals surface area contributed by atoms with Crippen LogP contribution in [0.4, 0.5) is 22.0 Å². The molecule has 3 aromatic heterocycles. The van der Waals surface area contributed by atoms with Gasteiger partial charge in [0.25, 0.3) is 17.7 Å². The summed E-state index contributed by atoms with van der Waals surface area (Å²) in [5.74, 6) is -4.92. The summed E-state index contributed by atoms with van der Waals surface area (Å²) in [7, 11) is 0. The van der Waals surface area contributed by atoms with E-state index in [1.807, 2.05) is 6.92 Å². The number of hydrogen-bond donors (Lipinski definition) is 3. The number of carboxylic acid groups (broad SMARTS) is 1. The number of nitrogens with zero attached hydrogens (tertiary/aromatic N) is 4. The second-order valence-electron chi connectivity index (χ2n) is 8.09. The van der Waals surface area contributed by atoms with Crippen molar-refractivity contribution in [1.29, 1.82) is 0 Å². The zero-order valence-electron chi connectivity index (χ0n) is 20.8. The van der Waals surface area contributed by atoms with Crippen molar-refractivity contribution in [3.63, 3.8) is 0 Å². The summed E-state index contributed by atoms with van der Waals surface area (Å²) in [6.45, 7) is 2.53. The number of rotatable bonds is 7. The lowest BCUT2D eigenvalue weighted by Crippen LogP contribution is -2.57. The van der Waals surface area contributed by atoms with Crippen LogP contribution in [0.2, 0.25) is 0 Å². The molecule has 16 heteroatoms. The van der Waals surface area contributed by atoms with Gasteiger partial charge in [-0.2, -0.15) is 13.2 Å². The molecule has 0 radical (unpaired) electrons. The molecule has 0 spiro atoms. The highest BCUT2D eigenvalue weighted by atomic mass is 19.4. The number of carbonyl (C=O) groups excluding carboxylic acids is 1. The Hall–Kier alpha value is -4.47. The van der Waals surface area contributed by atoms with E-state index >= 15 is 0 Å². The standard InChI is InChI=1S/C22H22F2N6O3.C2HF3O2/c1-2-32-17-4-3-6-27-21(17)33-16-8-14(9-26-12-16)19-28-10-15(11-29-19)20(31)30-18-13-25-7-5-22(18,23)24;3-2(4,5)1(6)7/h3-4,6,8-12,18,25H,2,5,7,13H2,1H3,(H,30,31);(H,6,7)/t18-;/m0./s1. The van der Waals surface area contributed by atoms with Gasteiger partial charge in [-0.15, -0.1) is 0 Å². The van der Waals surface area contributed by atoms with Crippen LogP contribution in [-0.2, 0) is 4.79 Å². The monoisotopic (exact) mass is 570 g/mol. The predicted molar refractivity (Wildman–Crippen MR) is 128 cm³/mol. The first kappa shape index (κ1) is 30.1. The van der Waals surface area contributed by atoms with E-state index in [1.165, 1.54) is 24.8 Å². The third kappa shape index (κ3) is 8.26. The Morgan fingerprint density at radius 3 is 2.50 bits per heavy atom. The fourth-order valence-electron chi connectivity index (χ4n) is 3.24. The van der Waals surface area contributed by atoms with Crippen molar-refractivity contribution in [3.8, 4) is 28.8 Å². The van der Waals surface area contributed by atoms with Gasteiger partial charge in [0, 0.05) is 49.9 Å². The molecule has 1 amide bonds. The van der Waals surface area contributed by atoms with Crippen LogP contribution in [0.5, 0.6) is 17.4 Å². The van der Waals surface area contributed by atoms with E-state index in [2.05, 4.69) is 30.6 Å². The van der Waals surface area contributed by atoms with Gasteiger partial charge in [0.2, 0.25) is 0 Å². The lowest BCUT2D eigenvalue weighted by Gasteiger charge is -2.32. The van der Waals surface area contributed by atoms with E-state index in [0.717, 1.165) is 0 Å². The largest absolute Gasteiger partial charge is 0.490 e. The van der Waals surface area contributed by atoms with Crippen molar-refractivity contribution in [3.05, 3.63) is 54.7 Å². The number of aromatic nitrogens is 4. The number of halogens is 5. The number of carbonyl (C=O) groups is 2. The first-order valence-electron chi connectivity index (χ1n) is 11.6. The fourth-order valence-corrected chi connectivity index (χ4v) is 3.24. The van der Waals surface area contributed by atoms with Gasteiger partial charge in [-0.1, -0.05) is 0 Å². The van der Waals surface area contributed by atoms with Crippen LogP contribution in [0.15, 0.2) is 49.2 Å². The Labute approximate surface area is 223 Å². The average molecular weight is 570 g/mol. The quantitative estimate of drug-likeness (QED) is 0.361. The van der Waals surface area contributed by atoms with Crippen molar-refractivity contribution in [2.45, 2.75) is 31.5 Å². The number of aliphatic carboxylic acids is 1. The molecule has 0 bridgehead atoms. The van der Waals surface area contributed by atoms with E-state index in [1.54, 1.807) is 24.4 Å². The summed E-state index contributed by atoms with van der Waals surface area (Å²) in [6.07, 6.45) is 1.79. The van der Waals surface area contributed by atoms with Gasteiger partial charge < -0.3 is 25.2 Å². The first-order valence-corrected chi connectivity index (χ1v) is 11.6. The minimum Gasteiger partial charge on any atom is -0.488 e. The predicted octanol–water partition coefficient (Wildman–Crippen LogP) is 3.48. The van der Waals surface area contributed by atoms with Crippen LogP contribution in [0.25, 0.3) is 11.4 Å². The second-order valence-corrected chi connectivity index (χ2v) is 8.09. The van der Waals surface area contributed by atoms with E-state index in [0.29, 0.717) is 35.4 Å². The summed E-state index contributed by atoms with van der Waals surface area (Å²) in [4.78, 5) is 38.0. The number of carboxylic acids is 1. The zero-order chi connectivity index (χ0) is 29.3. The van der Waals surface area contributed by atoms with E-state index < -0.39 is 30.0 Å².